The number of hydrogen-bond acceptors (Lipinski definition) is 6. The summed E-state index contributed by atoms with van der Waals surface area (Å²) in [6.45, 7) is 4.91. The third-order valence-corrected chi connectivity index (χ3v) is 3.93. The molecule has 0 radical (unpaired) electrons. The Bertz CT molecular complexity index is 939. The molecule has 2 aromatic carbocycles. The summed E-state index contributed by atoms with van der Waals surface area (Å²) in [6.07, 6.45) is 1.22. The first kappa shape index (κ1) is 19.2. The lowest BCUT2D eigenvalue weighted by Gasteiger charge is -2.29. The van der Waals surface area contributed by atoms with E-state index < -0.39 is 17.7 Å². The van der Waals surface area contributed by atoms with Crippen LogP contribution in [0, 0.1) is 6.92 Å². The van der Waals surface area contributed by atoms with Crippen LogP contribution in [-0.4, -0.2) is 23.6 Å². The third kappa shape index (κ3) is 4.56. The van der Waals surface area contributed by atoms with E-state index in [0.717, 1.165) is 5.56 Å². The fraction of sp³-hybridized carbons (Fsp3) is 0.190. The molecule has 0 aliphatic carbocycles. The van der Waals surface area contributed by atoms with Crippen molar-refractivity contribution >= 4 is 29.2 Å². The van der Waals surface area contributed by atoms with E-state index in [9.17, 15) is 14.4 Å². The second-order valence-corrected chi connectivity index (χ2v) is 6.78. The highest BCUT2D eigenvalue weighted by atomic mass is 16.7. The summed E-state index contributed by atoms with van der Waals surface area (Å²) in [6, 6.07) is 14.1. The maximum atomic E-state index is 12.3. The minimum atomic E-state index is -1.29. The zero-order valence-corrected chi connectivity index (χ0v) is 15.7. The van der Waals surface area contributed by atoms with E-state index >= 15 is 0 Å². The van der Waals surface area contributed by atoms with Crippen molar-refractivity contribution in [2.75, 3.05) is 10.6 Å². The van der Waals surface area contributed by atoms with Crippen molar-refractivity contribution < 1.29 is 23.9 Å². The van der Waals surface area contributed by atoms with Crippen LogP contribution in [0.4, 0.5) is 11.4 Å². The zero-order chi connectivity index (χ0) is 20.3. The second kappa shape index (κ2) is 7.56. The number of amides is 1. The largest absolute Gasteiger partial charge is 0.419 e. The van der Waals surface area contributed by atoms with E-state index in [1.165, 1.54) is 20.0 Å². The Balaban J connectivity index is 1.70. The number of hydrogen-bond donors (Lipinski definition) is 2. The number of aryl methyl sites for hydroxylation is 1. The van der Waals surface area contributed by atoms with Gasteiger partial charge in [-0.05, 0) is 37.3 Å². The molecule has 1 fully saturated rings. The van der Waals surface area contributed by atoms with Gasteiger partial charge in [-0.3, -0.25) is 4.79 Å². The summed E-state index contributed by atoms with van der Waals surface area (Å²) in [5.74, 6) is -3.06. The van der Waals surface area contributed by atoms with Crippen LogP contribution in [0.1, 0.15) is 29.8 Å². The quantitative estimate of drug-likeness (QED) is 0.480. The van der Waals surface area contributed by atoms with Gasteiger partial charge in [0, 0.05) is 37.0 Å². The molecule has 28 heavy (non-hydrogen) atoms. The number of ether oxygens (including phenoxy) is 2. The number of carbonyl (C=O) groups excluding carboxylic acids is 3. The molecule has 1 aliphatic heterocycles. The molecule has 1 aliphatic rings. The molecule has 7 nitrogen and oxygen atoms in total. The van der Waals surface area contributed by atoms with Gasteiger partial charge in [0.1, 0.15) is 0 Å². The molecular weight excluding hydrogens is 360 g/mol. The van der Waals surface area contributed by atoms with Crippen molar-refractivity contribution in [1.82, 2.24) is 0 Å². The lowest BCUT2D eigenvalue weighted by atomic mass is 10.1. The van der Waals surface area contributed by atoms with Gasteiger partial charge in [0.15, 0.2) is 5.57 Å². The first-order chi connectivity index (χ1) is 13.2. The van der Waals surface area contributed by atoms with Crippen LogP contribution in [0.25, 0.3) is 0 Å². The molecule has 1 amide bonds. The average molecular weight is 380 g/mol. The highest BCUT2D eigenvalue weighted by Gasteiger charge is 2.38. The Morgan fingerprint density at radius 3 is 2.21 bits per heavy atom. The minimum Gasteiger partial charge on any atom is -0.419 e. The Labute approximate surface area is 162 Å². The van der Waals surface area contributed by atoms with Crippen molar-refractivity contribution in [2.45, 2.75) is 26.6 Å². The van der Waals surface area contributed by atoms with E-state index in [1.54, 1.807) is 36.4 Å². The first-order valence-electron chi connectivity index (χ1n) is 8.65. The number of cyclic esters (lactones) is 2. The van der Waals surface area contributed by atoms with Crippen LogP contribution in [0.2, 0.25) is 0 Å². The average Bonchev–Trinajstić information content (AvgIpc) is 2.61. The molecule has 0 aromatic heterocycles. The van der Waals surface area contributed by atoms with E-state index in [4.69, 9.17) is 9.47 Å². The molecule has 7 heteroatoms. The maximum absolute atomic E-state index is 12.3. The van der Waals surface area contributed by atoms with Gasteiger partial charge in [-0.2, -0.15) is 0 Å². The molecule has 1 heterocycles. The standard InChI is InChI=1S/C21H20N2O5/c1-13-7-9-14(10-8-13)18(24)23-16-6-4-5-15(11-16)22-12-17-19(25)27-21(2,3)28-20(17)26/h4-12,22H,1-3H3,(H,23,24). The van der Waals surface area contributed by atoms with Gasteiger partial charge >= 0.3 is 11.9 Å². The number of anilines is 2. The zero-order valence-electron chi connectivity index (χ0n) is 15.7. The molecule has 3 rings (SSSR count). The fourth-order valence-electron chi connectivity index (χ4n) is 2.53. The van der Waals surface area contributed by atoms with Crippen molar-refractivity contribution in [3.63, 3.8) is 0 Å². The number of nitrogens with one attached hydrogen (secondary N) is 2. The monoisotopic (exact) mass is 380 g/mol. The summed E-state index contributed by atoms with van der Waals surface area (Å²) in [4.78, 5) is 36.2. The lowest BCUT2D eigenvalue weighted by molar-refractivity contribution is -0.222. The summed E-state index contributed by atoms with van der Waals surface area (Å²) >= 11 is 0. The Kier molecular flexibility index (Phi) is 5.17. The van der Waals surface area contributed by atoms with Crippen LogP contribution in [0.5, 0.6) is 0 Å². The topological polar surface area (TPSA) is 93.7 Å². The molecule has 2 N–H and O–H groups in total. The van der Waals surface area contributed by atoms with Crippen LogP contribution in [0.15, 0.2) is 60.3 Å². The molecule has 1 saturated heterocycles. The highest BCUT2D eigenvalue weighted by Crippen LogP contribution is 2.23. The third-order valence-electron chi connectivity index (χ3n) is 3.93. The highest BCUT2D eigenvalue weighted by molar-refractivity contribution is 6.15. The van der Waals surface area contributed by atoms with E-state index in [-0.39, 0.29) is 11.5 Å². The number of esters is 2. The molecule has 0 bridgehead atoms. The van der Waals surface area contributed by atoms with Gasteiger partial charge in [-0.25, -0.2) is 9.59 Å². The normalized spacial score (nSPS) is 15.3. The number of rotatable bonds is 4. The summed E-state index contributed by atoms with van der Waals surface area (Å²) < 4.78 is 10.1. The van der Waals surface area contributed by atoms with Crippen LogP contribution >= 0.6 is 0 Å². The summed E-state index contributed by atoms with van der Waals surface area (Å²) in [5.41, 5.74) is 2.50. The first-order valence-corrected chi connectivity index (χ1v) is 8.65. The van der Waals surface area contributed by atoms with Crippen molar-refractivity contribution in [3.8, 4) is 0 Å². The van der Waals surface area contributed by atoms with Crippen LogP contribution in [-0.2, 0) is 19.1 Å². The van der Waals surface area contributed by atoms with Gasteiger partial charge in [0.05, 0.1) is 0 Å². The van der Waals surface area contributed by atoms with Crippen molar-refractivity contribution in [2.24, 2.45) is 0 Å². The van der Waals surface area contributed by atoms with Crippen molar-refractivity contribution in [3.05, 3.63) is 71.4 Å². The Morgan fingerprint density at radius 2 is 1.57 bits per heavy atom. The van der Waals surface area contributed by atoms with Gasteiger partial charge in [0.2, 0.25) is 0 Å². The smallest absolute Gasteiger partial charge is 0.350 e. The number of benzene rings is 2. The van der Waals surface area contributed by atoms with Gasteiger partial charge in [0.25, 0.3) is 11.7 Å². The molecule has 0 saturated carbocycles. The van der Waals surface area contributed by atoms with E-state index in [0.29, 0.717) is 16.9 Å². The predicted octanol–water partition coefficient (Wildman–Crippen LogP) is 3.38. The SMILES string of the molecule is Cc1ccc(C(=O)Nc2cccc(NC=C3C(=O)OC(C)(C)OC3=O)c2)cc1. The maximum Gasteiger partial charge on any atom is 0.350 e. The second-order valence-electron chi connectivity index (χ2n) is 6.78. The Morgan fingerprint density at radius 1 is 0.964 bits per heavy atom. The van der Waals surface area contributed by atoms with Crippen LogP contribution < -0.4 is 10.6 Å². The lowest BCUT2D eigenvalue weighted by Crippen LogP contribution is -2.42. The van der Waals surface area contributed by atoms with Gasteiger partial charge in [-0.15, -0.1) is 0 Å². The fourth-order valence-corrected chi connectivity index (χ4v) is 2.53. The summed E-state index contributed by atoms with van der Waals surface area (Å²) in [5, 5.41) is 5.65. The molecule has 0 atom stereocenters. The van der Waals surface area contributed by atoms with Crippen molar-refractivity contribution in [1.29, 1.82) is 0 Å². The molecule has 144 valence electrons. The summed E-state index contributed by atoms with van der Waals surface area (Å²) in [7, 11) is 0. The molecule has 0 unspecified atom stereocenters. The predicted molar refractivity (Wildman–Crippen MR) is 104 cm³/mol. The van der Waals surface area contributed by atoms with E-state index in [1.807, 2.05) is 19.1 Å². The van der Waals surface area contributed by atoms with E-state index in [2.05, 4.69) is 10.6 Å². The Hall–Kier alpha value is -3.61. The van der Waals surface area contributed by atoms with Crippen LogP contribution in [0.3, 0.4) is 0 Å². The molecular formula is C21H20N2O5. The van der Waals surface area contributed by atoms with Gasteiger partial charge in [-0.1, -0.05) is 23.8 Å². The van der Waals surface area contributed by atoms with Gasteiger partial charge < -0.3 is 20.1 Å². The molecule has 0 spiro atoms. The number of carbonyl (C=O) groups is 3. The molecule has 2 aromatic rings. The minimum absolute atomic E-state index is 0.239.